The summed E-state index contributed by atoms with van der Waals surface area (Å²) in [5, 5.41) is 2.64. The molecule has 0 bridgehead atoms. The van der Waals surface area contributed by atoms with Crippen molar-refractivity contribution in [2.75, 3.05) is 6.61 Å². The number of hydrogen-bond acceptors (Lipinski definition) is 1. The fraction of sp³-hybridized carbons (Fsp3) is 0.231. The van der Waals surface area contributed by atoms with Crippen LogP contribution in [0.1, 0.15) is 5.56 Å². The largest absolute Gasteiger partial charge is 0.373 e. The topological polar surface area (TPSA) is 12.5 Å². The van der Waals surface area contributed by atoms with E-state index in [1.165, 1.54) is 16.3 Å². The van der Waals surface area contributed by atoms with Crippen LogP contribution in [0.15, 0.2) is 42.5 Å². The molecule has 0 spiro atoms. The Balaban J connectivity index is 2.01. The number of epoxide rings is 1. The molecule has 0 radical (unpaired) electrons. The second-order valence-corrected chi connectivity index (χ2v) is 3.84. The molecule has 1 nitrogen and oxygen atoms in total. The van der Waals surface area contributed by atoms with Crippen molar-refractivity contribution >= 4 is 10.8 Å². The first-order valence-corrected chi connectivity index (χ1v) is 5.01. The number of hydrogen-bond donors (Lipinski definition) is 0. The zero-order valence-corrected chi connectivity index (χ0v) is 7.94. The smallest absolute Gasteiger partial charge is 0.0850 e. The lowest BCUT2D eigenvalue weighted by molar-refractivity contribution is 0.407. The Morgan fingerprint density at radius 3 is 2.64 bits per heavy atom. The van der Waals surface area contributed by atoms with E-state index in [0.29, 0.717) is 6.10 Å². The van der Waals surface area contributed by atoms with E-state index in [0.717, 1.165) is 13.0 Å². The Labute approximate surface area is 83.3 Å². The van der Waals surface area contributed by atoms with Crippen LogP contribution in [-0.2, 0) is 11.2 Å². The first-order chi connectivity index (χ1) is 6.92. The molecule has 2 aromatic rings. The lowest BCUT2D eigenvalue weighted by Crippen LogP contribution is -1.92. The van der Waals surface area contributed by atoms with Crippen molar-refractivity contribution in [2.45, 2.75) is 12.5 Å². The van der Waals surface area contributed by atoms with Crippen molar-refractivity contribution in [3.8, 4) is 0 Å². The molecule has 70 valence electrons. The molecule has 1 heteroatoms. The second-order valence-electron chi connectivity index (χ2n) is 3.84. The van der Waals surface area contributed by atoms with Crippen molar-refractivity contribution in [1.29, 1.82) is 0 Å². The zero-order chi connectivity index (χ0) is 9.38. The summed E-state index contributed by atoms with van der Waals surface area (Å²) in [7, 11) is 0. The summed E-state index contributed by atoms with van der Waals surface area (Å²) < 4.78 is 5.22. The van der Waals surface area contributed by atoms with Crippen molar-refractivity contribution < 1.29 is 4.74 Å². The highest BCUT2D eigenvalue weighted by molar-refractivity contribution is 5.82. The van der Waals surface area contributed by atoms with Gasteiger partial charge in [0.15, 0.2) is 0 Å². The van der Waals surface area contributed by atoms with Gasteiger partial charge < -0.3 is 4.74 Å². The lowest BCUT2D eigenvalue weighted by Gasteiger charge is -2.01. The van der Waals surface area contributed by atoms with Gasteiger partial charge in [-0.2, -0.15) is 0 Å². The van der Waals surface area contributed by atoms with Crippen molar-refractivity contribution in [3.63, 3.8) is 0 Å². The van der Waals surface area contributed by atoms with Crippen LogP contribution in [0.2, 0.25) is 0 Å². The maximum absolute atomic E-state index is 5.22. The molecule has 1 fully saturated rings. The molecule has 0 amide bonds. The van der Waals surface area contributed by atoms with E-state index in [2.05, 4.69) is 42.5 Å². The van der Waals surface area contributed by atoms with E-state index in [9.17, 15) is 0 Å². The third-order valence-electron chi connectivity index (χ3n) is 2.68. The maximum Gasteiger partial charge on any atom is 0.0850 e. The molecule has 0 saturated carbocycles. The maximum atomic E-state index is 5.22. The summed E-state index contributed by atoms with van der Waals surface area (Å²) in [5.41, 5.74) is 1.38. The normalized spacial score (nSPS) is 19.9. The van der Waals surface area contributed by atoms with E-state index in [1.807, 2.05) is 0 Å². The van der Waals surface area contributed by atoms with E-state index in [1.54, 1.807) is 0 Å². The zero-order valence-electron chi connectivity index (χ0n) is 7.94. The molecule has 3 rings (SSSR count). The predicted octanol–water partition coefficient (Wildman–Crippen LogP) is 2.78. The van der Waals surface area contributed by atoms with Crippen LogP contribution < -0.4 is 0 Å². The molecule has 0 aliphatic carbocycles. The molecular weight excluding hydrogens is 172 g/mol. The Kier molecular flexibility index (Phi) is 1.78. The minimum absolute atomic E-state index is 0.483. The van der Waals surface area contributed by atoms with Gasteiger partial charge in [0.05, 0.1) is 12.7 Å². The Morgan fingerprint density at radius 2 is 1.86 bits per heavy atom. The van der Waals surface area contributed by atoms with Gasteiger partial charge in [0.1, 0.15) is 0 Å². The van der Waals surface area contributed by atoms with Crippen molar-refractivity contribution in [3.05, 3.63) is 48.0 Å². The third-order valence-corrected chi connectivity index (χ3v) is 2.68. The first kappa shape index (κ1) is 8.01. The van der Waals surface area contributed by atoms with Crippen LogP contribution in [-0.4, -0.2) is 12.7 Å². The molecule has 1 saturated heterocycles. The molecule has 2 aromatic carbocycles. The van der Waals surface area contributed by atoms with E-state index in [-0.39, 0.29) is 0 Å². The highest BCUT2D eigenvalue weighted by atomic mass is 16.6. The van der Waals surface area contributed by atoms with Crippen LogP contribution in [0, 0.1) is 0 Å². The standard InChI is InChI=1S/C13H12O/c1-2-4-12-7-10(8-13-9-14-13)5-6-11(12)3-1/h1-7,13H,8-9H2/t13-/m1/s1. The fourth-order valence-electron chi connectivity index (χ4n) is 1.81. The van der Waals surface area contributed by atoms with Crippen LogP contribution in [0.3, 0.4) is 0 Å². The Bertz CT molecular complexity index is 457. The van der Waals surface area contributed by atoms with Crippen molar-refractivity contribution in [1.82, 2.24) is 0 Å². The van der Waals surface area contributed by atoms with Crippen LogP contribution in [0.25, 0.3) is 10.8 Å². The average molecular weight is 184 g/mol. The van der Waals surface area contributed by atoms with E-state index < -0.39 is 0 Å². The molecule has 1 heterocycles. The number of rotatable bonds is 2. The van der Waals surface area contributed by atoms with Gasteiger partial charge in [-0.15, -0.1) is 0 Å². The molecule has 1 aliphatic heterocycles. The number of benzene rings is 2. The van der Waals surface area contributed by atoms with Gasteiger partial charge in [-0.25, -0.2) is 0 Å². The van der Waals surface area contributed by atoms with E-state index in [4.69, 9.17) is 4.74 Å². The summed E-state index contributed by atoms with van der Waals surface area (Å²) in [4.78, 5) is 0. The van der Waals surface area contributed by atoms with Crippen LogP contribution in [0.4, 0.5) is 0 Å². The highest BCUT2D eigenvalue weighted by Crippen LogP contribution is 2.20. The minimum Gasteiger partial charge on any atom is -0.373 e. The molecular formula is C13H12O. The molecule has 1 aliphatic rings. The fourth-order valence-corrected chi connectivity index (χ4v) is 1.81. The van der Waals surface area contributed by atoms with Crippen LogP contribution in [0.5, 0.6) is 0 Å². The van der Waals surface area contributed by atoms with E-state index >= 15 is 0 Å². The molecule has 0 unspecified atom stereocenters. The summed E-state index contributed by atoms with van der Waals surface area (Å²) in [6.45, 7) is 0.937. The summed E-state index contributed by atoms with van der Waals surface area (Å²) in [6.07, 6.45) is 1.54. The van der Waals surface area contributed by atoms with Crippen molar-refractivity contribution in [2.24, 2.45) is 0 Å². The Morgan fingerprint density at radius 1 is 1.07 bits per heavy atom. The van der Waals surface area contributed by atoms with Gasteiger partial charge in [-0.1, -0.05) is 42.5 Å². The summed E-state index contributed by atoms with van der Waals surface area (Å²) >= 11 is 0. The lowest BCUT2D eigenvalue weighted by atomic mass is 10.0. The van der Waals surface area contributed by atoms with Gasteiger partial charge >= 0.3 is 0 Å². The quantitative estimate of drug-likeness (QED) is 0.654. The van der Waals surface area contributed by atoms with Gasteiger partial charge in [0.2, 0.25) is 0 Å². The molecule has 14 heavy (non-hydrogen) atoms. The van der Waals surface area contributed by atoms with Crippen LogP contribution >= 0.6 is 0 Å². The Hall–Kier alpha value is -1.34. The average Bonchev–Trinajstić information content (AvgIpc) is 3.02. The minimum atomic E-state index is 0.483. The van der Waals surface area contributed by atoms with Gasteiger partial charge in [0, 0.05) is 6.42 Å². The molecule has 1 atom stereocenters. The monoisotopic (exact) mass is 184 g/mol. The summed E-state index contributed by atoms with van der Waals surface area (Å²) in [6, 6.07) is 15.1. The summed E-state index contributed by atoms with van der Waals surface area (Å²) in [5.74, 6) is 0. The van der Waals surface area contributed by atoms with Gasteiger partial charge in [-0.05, 0) is 16.3 Å². The predicted molar refractivity (Wildman–Crippen MR) is 57.4 cm³/mol. The third kappa shape index (κ3) is 1.51. The number of fused-ring (bicyclic) bond motifs is 1. The van der Waals surface area contributed by atoms with Gasteiger partial charge in [0.25, 0.3) is 0 Å². The van der Waals surface area contributed by atoms with Gasteiger partial charge in [-0.3, -0.25) is 0 Å². The SMILES string of the molecule is c1ccc2cc(C[C@@H]3CO3)ccc2c1. The molecule has 0 N–H and O–H groups in total. The molecule has 0 aromatic heterocycles. The first-order valence-electron chi connectivity index (χ1n) is 5.01. The second kappa shape index (κ2) is 3.10. The highest BCUT2D eigenvalue weighted by Gasteiger charge is 2.22. The number of ether oxygens (including phenoxy) is 1.